The average molecular weight is 611 g/mol. The summed E-state index contributed by atoms with van der Waals surface area (Å²) in [6, 6.07) is 2.29. The number of amides is 2. The SMILES string of the molecule is COC(=O)[C@@H]1C[C@@H]2CN1C(=O)[C@H](C(C)(C)C)NC(=O)O[C@@H]1C[C@H](C)[C@H](C)[C@H]1CCC/C=C/c1nc3ccc(F)cc3nc1O2. The zero-order chi connectivity index (χ0) is 31.8. The molecule has 10 nitrogen and oxygen atoms in total. The van der Waals surface area contributed by atoms with Crippen molar-refractivity contribution in [2.45, 2.75) is 91.0 Å². The monoisotopic (exact) mass is 610 g/mol. The third kappa shape index (κ3) is 6.66. The third-order valence-corrected chi connectivity index (χ3v) is 9.39. The molecule has 2 fully saturated rings. The van der Waals surface area contributed by atoms with Crippen LogP contribution in [0.5, 0.6) is 5.88 Å². The molecule has 1 aromatic carbocycles. The lowest BCUT2D eigenvalue weighted by molar-refractivity contribution is -0.152. The molecule has 2 bridgehead atoms. The van der Waals surface area contributed by atoms with Crippen LogP contribution in [0.1, 0.15) is 72.4 Å². The molecule has 7 atom stereocenters. The van der Waals surface area contributed by atoms with Crippen LogP contribution in [0.15, 0.2) is 24.3 Å². The van der Waals surface area contributed by atoms with E-state index in [9.17, 15) is 18.8 Å². The molecule has 238 valence electrons. The highest BCUT2D eigenvalue weighted by Gasteiger charge is 2.47. The minimum absolute atomic E-state index is 0.0493. The van der Waals surface area contributed by atoms with Crippen molar-refractivity contribution in [3.63, 3.8) is 0 Å². The summed E-state index contributed by atoms with van der Waals surface area (Å²) in [5, 5.41) is 2.84. The Labute approximate surface area is 257 Å². The molecule has 5 rings (SSSR count). The van der Waals surface area contributed by atoms with Gasteiger partial charge >= 0.3 is 12.1 Å². The van der Waals surface area contributed by atoms with Crippen LogP contribution >= 0.6 is 0 Å². The number of allylic oxidation sites excluding steroid dienone is 1. The second-order valence-electron chi connectivity index (χ2n) is 13.5. The van der Waals surface area contributed by atoms with Crippen LogP contribution in [-0.4, -0.2) is 70.8 Å². The van der Waals surface area contributed by atoms with Gasteiger partial charge in [0.25, 0.3) is 0 Å². The summed E-state index contributed by atoms with van der Waals surface area (Å²) in [6.45, 7) is 9.98. The molecule has 2 aliphatic heterocycles. The predicted octanol–water partition coefficient (Wildman–Crippen LogP) is 5.29. The van der Waals surface area contributed by atoms with E-state index in [1.165, 1.54) is 24.1 Å². The van der Waals surface area contributed by atoms with Crippen LogP contribution in [0.25, 0.3) is 17.1 Å². The summed E-state index contributed by atoms with van der Waals surface area (Å²) in [5.41, 5.74) is 0.640. The van der Waals surface area contributed by atoms with Crippen molar-refractivity contribution in [3.05, 3.63) is 35.8 Å². The van der Waals surface area contributed by atoms with E-state index < -0.39 is 47.4 Å². The first-order valence-corrected chi connectivity index (χ1v) is 15.5. The van der Waals surface area contributed by atoms with E-state index in [0.717, 1.165) is 25.7 Å². The van der Waals surface area contributed by atoms with E-state index in [1.807, 2.05) is 32.9 Å². The number of ether oxygens (including phenoxy) is 3. The summed E-state index contributed by atoms with van der Waals surface area (Å²) in [4.78, 5) is 51.0. The van der Waals surface area contributed by atoms with E-state index in [-0.39, 0.29) is 30.9 Å². The number of carbonyl (C=O) groups is 3. The summed E-state index contributed by atoms with van der Waals surface area (Å²) < 4.78 is 31.4. The third-order valence-electron chi connectivity index (χ3n) is 9.39. The van der Waals surface area contributed by atoms with Gasteiger partial charge in [0, 0.05) is 12.5 Å². The molecule has 1 N–H and O–H groups in total. The smallest absolute Gasteiger partial charge is 0.408 e. The van der Waals surface area contributed by atoms with Gasteiger partial charge in [-0.15, -0.1) is 0 Å². The van der Waals surface area contributed by atoms with E-state index in [2.05, 4.69) is 24.1 Å². The zero-order valence-corrected chi connectivity index (χ0v) is 26.3. The molecular formula is C33H43FN4O6. The van der Waals surface area contributed by atoms with Gasteiger partial charge in [0.2, 0.25) is 11.8 Å². The summed E-state index contributed by atoms with van der Waals surface area (Å²) >= 11 is 0. The van der Waals surface area contributed by atoms with E-state index >= 15 is 0 Å². The highest BCUT2D eigenvalue weighted by molar-refractivity contribution is 5.91. The van der Waals surface area contributed by atoms with Gasteiger partial charge in [0.05, 0.1) is 24.7 Å². The van der Waals surface area contributed by atoms with Crippen LogP contribution in [0.3, 0.4) is 0 Å². The Kier molecular flexibility index (Phi) is 9.13. The van der Waals surface area contributed by atoms with Crippen molar-refractivity contribution in [2.24, 2.45) is 23.2 Å². The topological polar surface area (TPSA) is 120 Å². The molecule has 1 saturated heterocycles. The second-order valence-corrected chi connectivity index (χ2v) is 13.5. The number of esters is 1. The van der Waals surface area contributed by atoms with Crippen molar-refractivity contribution in [1.29, 1.82) is 0 Å². The van der Waals surface area contributed by atoms with Gasteiger partial charge in [-0.25, -0.2) is 23.9 Å². The van der Waals surface area contributed by atoms with Gasteiger partial charge in [-0.2, -0.15) is 0 Å². The molecule has 0 radical (unpaired) electrons. The van der Waals surface area contributed by atoms with Gasteiger partial charge in [0.1, 0.15) is 35.8 Å². The molecule has 2 amide bonds. The summed E-state index contributed by atoms with van der Waals surface area (Å²) in [6.07, 6.45) is 5.75. The number of methoxy groups -OCH3 is 1. The van der Waals surface area contributed by atoms with Crippen molar-refractivity contribution < 1.29 is 33.0 Å². The standard InChI is InChI=1S/C33H43FN4O6/c1-18-14-27-22(19(18)2)10-8-7-9-11-24-29(36-25-15-20(34)12-13-23(25)35-24)43-21-16-26(31(40)42-6)38(17-21)30(39)28(33(3,4)5)37-32(41)44-27/h9,11-13,15,18-19,21-22,26-28H,7-8,10,14,16-17H2,1-6H3,(H,37,41)/b11-9+/t18-,19-,21+,22+,26-,27+,28+/m0/s1. The Bertz CT molecular complexity index is 1440. The first-order chi connectivity index (χ1) is 20.8. The highest BCUT2D eigenvalue weighted by Crippen LogP contribution is 2.41. The predicted molar refractivity (Wildman–Crippen MR) is 162 cm³/mol. The number of rotatable bonds is 1. The van der Waals surface area contributed by atoms with Crippen molar-refractivity contribution in [1.82, 2.24) is 20.2 Å². The summed E-state index contributed by atoms with van der Waals surface area (Å²) in [5.74, 6) is -0.333. The molecule has 0 spiro atoms. The number of benzene rings is 1. The van der Waals surface area contributed by atoms with Gasteiger partial charge < -0.3 is 24.4 Å². The van der Waals surface area contributed by atoms with Gasteiger partial charge in [-0.1, -0.05) is 40.7 Å². The molecule has 1 aliphatic carbocycles. The number of alkyl carbamates (subject to hydrolysis) is 1. The van der Waals surface area contributed by atoms with E-state index in [4.69, 9.17) is 19.2 Å². The molecule has 3 aliphatic rings. The molecule has 0 unspecified atom stereocenters. The van der Waals surface area contributed by atoms with Crippen molar-refractivity contribution in [2.75, 3.05) is 13.7 Å². The Hall–Kier alpha value is -3.76. The number of hydrogen-bond acceptors (Lipinski definition) is 8. The normalized spacial score (nSPS) is 30.7. The molecule has 3 heterocycles. The minimum atomic E-state index is -0.976. The molecular weight excluding hydrogens is 567 g/mol. The maximum absolute atomic E-state index is 14.1. The fourth-order valence-electron chi connectivity index (χ4n) is 6.73. The van der Waals surface area contributed by atoms with Gasteiger partial charge in [-0.3, -0.25) is 4.79 Å². The summed E-state index contributed by atoms with van der Waals surface area (Å²) in [7, 11) is 1.27. The van der Waals surface area contributed by atoms with Gasteiger partial charge in [-0.05, 0) is 67.1 Å². The van der Waals surface area contributed by atoms with Crippen LogP contribution < -0.4 is 10.1 Å². The lowest BCUT2D eigenvalue weighted by Gasteiger charge is -2.35. The highest BCUT2D eigenvalue weighted by atomic mass is 19.1. The van der Waals surface area contributed by atoms with E-state index in [0.29, 0.717) is 28.6 Å². The average Bonchev–Trinajstić information content (AvgIpc) is 3.50. The fraction of sp³-hybridized carbons (Fsp3) is 0.606. The number of nitrogens with zero attached hydrogens (tertiary/aromatic N) is 3. The molecule has 1 saturated carbocycles. The largest absolute Gasteiger partial charge is 0.471 e. The Morgan fingerprint density at radius 3 is 2.61 bits per heavy atom. The van der Waals surface area contributed by atoms with Crippen LogP contribution in [-0.2, 0) is 19.1 Å². The molecule has 1 aromatic heterocycles. The molecule has 11 heteroatoms. The minimum Gasteiger partial charge on any atom is -0.471 e. The number of hydrogen-bond donors (Lipinski definition) is 1. The second kappa shape index (κ2) is 12.7. The Morgan fingerprint density at radius 1 is 1.11 bits per heavy atom. The number of halogens is 1. The Morgan fingerprint density at radius 2 is 1.89 bits per heavy atom. The van der Waals surface area contributed by atoms with Crippen molar-refractivity contribution in [3.8, 4) is 5.88 Å². The van der Waals surface area contributed by atoms with Crippen LogP contribution in [0, 0.1) is 29.0 Å². The Balaban J connectivity index is 1.54. The first kappa shape index (κ1) is 31.7. The van der Waals surface area contributed by atoms with Crippen LogP contribution in [0.2, 0.25) is 0 Å². The quantitative estimate of drug-likeness (QED) is 0.433. The number of fused-ring (bicyclic) bond motifs is 5. The van der Waals surface area contributed by atoms with E-state index in [1.54, 1.807) is 6.07 Å². The number of aromatic nitrogens is 2. The lowest BCUT2D eigenvalue weighted by Crippen LogP contribution is -2.57. The van der Waals surface area contributed by atoms with Gasteiger partial charge in [0.15, 0.2) is 0 Å². The first-order valence-electron chi connectivity index (χ1n) is 15.5. The number of carbonyl (C=O) groups excluding carboxylic acids is 3. The maximum Gasteiger partial charge on any atom is 0.408 e. The molecule has 2 aromatic rings. The van der Waals surface area contributed by atoms with Crippen LogP contribution in [0.4, 0.5) is 9.18 Å². The lowest BCUT2D eigenvalue weighted by atomic mass is 9.85. The molecule has 44 heavy (non-hydrogen) atoms. The van der Waals surface area contributed by atoms with Crippen molar-refractivity contribution >= 4 is 35.1 Å². The number of nitrogens with one attached hydrogen (secondary N) is 1. The zero-order valence-electron chi connectivity index (χ0n) is 26.3. The fourth-order valence-corrected chi connectivity index (χ4v) is 6.73. The maximum atomic E-state index is 14.1.